The largest absolute Gasteiger partial charge is 0.424 e. The van der Waals surface area contributed by atoms with Crippen LogP contribution in [0.2, 0.25) is 0 Å². The van der Waals surface area contributed by atoms with Gasteiger partial charge in [0.15, 0.2) is 0 Å². The minimum Gasteiger partial charge on any atom is -0.424 e. The van der Waals surface area contributed by atoms with E-state index in [-0.39, 0.29) is 5.91 Å². The number of ether oxygens (including phenoxy) is 1. The maximum Gasteiger partial charge on any atom is 0.333 e. The summed E-state index contributed by atoms with van der Waals surface area (Å²) in [5, 5.41) is 4.37. The van der Waals surface area contributed by atoms with Crippen LogP contribution in [0.5, 0.6) is 5.75 Å². The zero-order valence-corrected chi connectivity index (χ0v) is 10.8. The highest BCUT2D eigenvalue weighted by molar-refractivity contribution is 5.91. The molecule has 2 aromatic carbocycles. The first kappa shape index (κ1) is 13.1. The lowest BCUT2D eigenvalue weighted by atomic mass is 10.1. The van der Waals surface area contributed by atoms with E-state index in [2.05, 4.69) is 5.32 Å². The minimum atomic E-state index is -0.670. The van der Waals surface area contributed by atoms with Gasteiger partial charge in [0, 0.05) is 12.3 Å². The van der Waals surface area contributed by atoms with Crippen LogP contribution in [-0.2, 0) is 9.59 Å². The zero-order chi connectivity index (χ0) is 13.8. The molecule has 1 atom stereocenters. The Kier molecular flexibility index (Phi) is 3.80. The Hall–Kier alpha value is -2.36. The highest BCUT2D eigenvalue weighted by atomic mass is 16.5. The van der Waals surface area contributed by atoms with Crippen molar-refractivity contribution >= 4 is 22.6 Å². The molecule has 1 N–H and O–H groups in total. The topological polar surface area (TPSA) is 55.4 Å². The van der Waals surface area contributed by atoms with E-state index in [9.17, 15) is 9.59 Å². The van der Waals surface area contributed by atoms with Crippen molar-refractivity contribution in [3.63, 3.8) is 0 Å². The SMILES string of the molecule is CC(=O)N[C@H](C)C(=O)Oc1cccc2ccccc12. The molecule has 19 heavy (non-hydrogen) atoms. The molecule has 0 spiro atoms. The molecule has 0 radical (unpaired) electrons. The molecule has 0 aliphatic carbocycles. The van der Waals surface area contributed by atoms with Crippen LogP contribution < -0.4 is 10.1 Å². The van der Waals surface area contributed by atoms with Gasteiger partial charge >= 0.3 is 5.97 Å². The third kappa shape index (κ3) is 3.10. The van der Waals surface area contributed by atoms with Crippen LogP contribution in [0.1, 0.15) is 13.8 Å². The molecule has 0 fully saturated rings. The van der Waals surface area contributed by atoms with Gasteiger partial charge in [-0.1, -0.05) is 36.4 Å². The lowest BCUT2D eigenvalue weighted by molar-refractivity contribution is -0.138. The number of carbonyl (C=O) groups is 2. The molecule has 4 nitrogen and oxygen atoms in total. The third-order valence-corrected chi connectivity index (χ3v) is 2.73. The quantitative estimate of drug-likeness (QED) is 0.678. The van der Waals surface area contributed by atoms with Crippen molar-refractivity contribution in [2.24, 2.45) is 0 Å². The van der Waals surface area contributed by atoms with Crippen LogP contribution in [0.15, 0.2) is 42.5 Å². The number of hydrogen-bond acceptors (Lipinski definition) is 3. The predicted octanol–water partition coefficient (Wildman–Crippen LogP) is 2.27. The van der Waals surface area contributed by atoms with E-state index < -0.39 is 12.0 Å². The highest BCUT2D eigenvalue weighted by Gasteiger charge is 2.16. The van der Waals surface area contributed by atoms with E-state index in [1.807, 2.05) is 36.4 Å². The van der Waals surface area contributed by atoms with Gasteiger partial charge in [-0.25, -0.2) is 4.79 Å². The summed E-state index contributed by atoms with van der Waals surface area (Å²) >= 11 is 0. The Balaban J connectivity index is 2.22. The number of hydrogen-bond donors (Lipinski definition) is 1. The normalized spacial score (nSPS) is 11.9. The van der Waals surface area contributed by atoms with Gasteiger partial charge in [-0.3, -0.25) is 4.79 Å². The molecule has 0 bridgehead atoms. The summed E-state index contributed by atoms with van der Waals surface area (Å²) in [5.41, 5.74) is 0. The van der Waals surface area contributed by atoms with Gasteiger partial charge < -0.3 is 10.1 Å². The molecule has 2 rings (SSSR count). The summed E-state index contributed by atoms with van der Waals surface area (Å²) in [6, 6.07) is 12.5. The van der Waals surface area contributed by atoms with Crippen LogP contribution in [0, 0.1) is 0 Å². The van der Waals surface area contributed by atoms with Crippen LogP contribution in [0.4, 0.5) is 0 Å². The van der Waals surface area contributed by atoms with Crippen molar-refractivity contribution in [2.75, 3.05) is 0 Å². The second kappa shape index (κ2) is 5.52. The first-order valence-corrected chi connectivity index (χ1v) is 6.04. The maximum atomic E-state index is 11.9. The molecule has 0 saturated heterocycles. The second-order valence-corrected chi connectivity index (χ2v) is 4.32. The monoisotopic (exact) mass is 257 g/mol. The Morgan fingerprint density at radius 2 is 1.79 bits per heavy atom. The van der Waals surface area contributed by atoms with Crippen LogP contribution in [0.25, 0.3) is 10.8 Å². The third-order valence-electron chi connectivity index (χ3n) is 2.73. The molecule has 4 heteroatoms. The van der Waals surface area contributed by atoms with Gasteiger partial charge in [-0.05, 0) is 18.4 Å². The summed E-state index contributed by atoms with van der Waals surface area (Å²) in [6.45, 7) is 2.95. The number of nitrogens with one attached hydrogen (secondary N) is 1. The van der Waals surface area contributed by atoms with Crippen molar-refractivity contribution in [3.8, 4) is 5.75 Å². The molecular formula is C15H15NO3. The fourth-order valence-corrected chi connectivity index (χ4v) is 1.85. The summed E-state index contributed by atoms with van der Waals surface area (Å²) in [7, 11) is 0. The van der Waals surface area contributed by atoms with E-state index in [1.165, 1.54) is 6.92 Å². The number of fused-ring (bicyclic) bond motifs is 1. The molecule has 0 heterocycles. The van der Waals surface area contributed by atoms with Gasteiger partial charge in [0.2, 0.25) is 5.91 Å². The van der Waals surface area contributed by atoms with Crippen LogP contribution in [0.3, 0.4) is 0 Å². The van der Waals surface area contributed by atoms with E-state index in [1.54, 1.807) is 13.0 Å². The molecule has 0 aromatic heterocycles. The predicted molar refractivity (Wildman–Crippen MR) is 72.9 cm³/mol. The van der Waals surface area contributed by atoms with E-state index in [0.29, 0.717) is 5.75 Å². The number of esters is 1. The first-order chi connectivity index (χ1) is 9.08. The van der Waals surface area contributed by atoms with Crippen molar-refractivity contribution in [3.05, 3.63) is 42.5 Å². The molecule has 98 valence electrons. The molecule has 1 amide bonds. The summed E-state index contributed by atoms with van der Waals surface area (Å²) in [6.07, 6.45) is 0. The number of rotatable bonds is 3. The highest BCUT2D eigenvalue weighted by Crippen LogP contribution is 2.25. The average molecular weight is 257 g/mol. The van der Waals surface area contributed by atoms with Gasteiger partial charge in [-0.2, -0.15) is 0 Å². The van der Waals surface area contributed by atoms with Crippen LogP contribution >= 0.6 is 0 Å². The first-order valence-electron chi connectivity index (χ1n) is 6.04. The van der Waals surface area contributed by atoms with E-state index >= 15 is 0 Å². The van der Waals surface area contributed by atoms with Gasteiger partial charge in [0.05, 0.1) is 0 Å². The summed E-state index contributed by atoms with van der Waals surface area (Å²) in [5.74, 6) is -0.241. The maximum absolute atomic E-state index is 11.9. The van der Waals surface area contributed by atoms with Gasteiger partial charge in [0.1, 0.15) is 11.8 Å². The molecular weight excluding hydrogens is 242 g/mol. The Morgan fingerprint density at radius 1 is 1.11 bits per heavy atom. The minimum absolute atomic E-state index is 0.262. The lowest BCUT2D eigenvalue weighted by Gasteiger charge is -2.13. The second-order valence-electron chi connectivity index (χ2n) is 4.32. The fourth-order valence-electron chi connectivity index (χ4n) is 1.85. The summed E-state index contributed by atoms with van der Waals surface area (Å²) < 4.78 is 5.34. The fraction of sp³-hybridized carbons (Fsp3) is 0.200. The smallest absolute Gasteiger partial charge is 0.333 e. The number of amides is 1. The Labute approximate surface area is 111 Å². The Bertz CT molecular complexity index is 616. The summed E-state index contributed by atoms with van der Waals surface area (Å²) in [4.78, 5) is 22.8. The Morgan fingerprint density at radius 3 is 2.53 bits per heavy atom. The average Bonchev–Trinajstić information content (AvgIpc) is 2.38. The van der Waals surface area contributed by atoms with Crippen LogP contribution in [-0.4, -0.2) is 17.9 Å². The standard InChI is InChI=1S/C15H15NO3/c1-10(16-11(2)17)15(18)19-14-9-5-7-12-6-3-4-8-13(12)14/h3-10H,1-2H3,(H,16,17)/t10-/m1/s1. The van der Waals surface area contributed by atoms with Gasteiger partial charge in [0.25, 0.3) is 0 Å². The van der Waals surface area contributed by atoms with Crippen molar-refractivity contribution in [1.82, 2.24) is 5.32 Å². The molecule has 0 saturated carbocycles. The number of benzene rings is 2. The van der Waals surface area contributed by atoms with Crippen molar-refractivity contribution in [2.45, 2.75) is 19.9 Å². The van der Waals surface area contributed by atoms with Gasteiger partial charge in [-0.15, -0.1) is 0 Å². The van der Waals surface area contributed by atoms with Crippen molar-refractivity contribution in [1.29, 1.82) is 0 Å². The van der Waals surface area contributed by atoms with E-state index in [0.717, 1.165) is 10.8 Å². The number of carbonyl (C=O) groups excluding carboxylic acids is 2. The molecule has 2 aromatic rings. The molecule has 0 aliphatic heterocycles. The van der Waals surface area contributed by atoms with Crippen molar-refractivity contribution < 1.29 is 14.3 Å². The zero-order valence-electron chi connectivity index (χ0n) is 10.8. The molecule has 0 unspecified atom stereocenters. The van der Waals surface area contributed by atoms with E-state index in [4.69, 9.17) is 4.74 Å². The lowest BCUT2D eigenvalue weighted by Crippen LogP contribution is -2.39. The molecule has 0 aliphatic rings.